The van der Waals surface area contributed by atoms with Gasteiger partial charge < -0.3 is 10.2 Å². The molecule has 1 aliphatic rings. The fourth-order valence-corrected chi connectivity index (χ4v) is 4.46. The largest absolute Gasteiger partial charge is 0.356 e. The van der Waals surface area contributed by atoms with Crippen LogP contribution in [0.4, 0.5) is 5.82 Å². The standard InChI is InChI=1S/C23H30N6OS/c1-3-15-31-23-26-20(28-12-5-4-6-13-28)19-16-25-29(21(19)27-23)14-11-24-22(30)18-9-7-17(2)8-10-18/h7-10,16H,3-6,11-15H2,1-2H3,(H,24,30). The van der Waals surface area contributed by atoms with Crippen molar-refractivity contribution in [1.82, 2.24) is 25.1 Å². The molecule has 2 aromatic heterocycles. The number of anilines is 1. The van der Waals surface area contributed by atoms with Crippen LogP contribution < -0.4 is 10.2 Å². The highest BCUT2D eigenvalue weighted by Crippen LogP contribution is 2.29. The Morgan fingerprint density at radius 1 is 1.13 bits per heavy atom. The third-order valence-corrected chi connectivity index (χ3v) is 6.52. The summed E-state index contributed by atoms with van der Waals surface area (Å²) in [6, 6.07) is 7.60. The van der Waals surface area contributed by atoms with E-state index < -0.39 is 0 Å². The van der Waals surface area contributed by atoms with Gasteiger partial charge in [0.05, 0.1) is 18.1 Å². The smallest absolute Gasteiger partial charge is 0.251 e. The van der Waals surface area contributed by atoms with Crippen LogP contribution in [0.2, 0.25) is 0 Å². The number of nitrogens with zero attached hydrogens (tertiary/aromatic N) is 5. The maximum atomic E-state index is 12.4. The Morgan fingerprint density at radius 2 is 1.90 bits per heavy atom. The topological polar surface area (TPSA) is 75.9 Å². The van der Waals surface area contributed by atoms with Crippen LogP contribution in [0.15, 0.2) is 35.6 Å². The van der Waals surface area contributed by atoms with Crippen LogP contribution in [0.3, 0.4) is 0 Å². The molecular formula is C23H30N6OS. The number of fused-ring (bicyclic) bond motifs is 1. The number of aryl methyl sites for hydroxylation is 1. The van der Waals surface area contributed by atoms with Crippen LogP contribution in [0.5, 0.6) is 0 Å². The second kappa shape index (κ2) is 10.1. The van der Waals surface area contributed by atoms with Gasteiger partial charge in [-0.25, -0.2) is 14.6 Å². The van der Waals surface area contributed by atoms with Gasteiger partial charge in [-0.2, -0.15) is 5.10 Å². The normalized spacial score (nSPS) is 14.2. The van der Waals surface area contributed by atoms with E-state index >= 15 is 0 Å². The molecule has 3 aromatic rings. The van der Waals surface area contributed by atoms with Gasteiger partial charge in [-0.05, 0) is 44.7 Å². The summed E-state index contributed by atoms with van der Waals surface area (Å²) in [6.45, 7) is 7.29. The molecule has 0 saturated carbocycles. The molecule has 3 heterocycles. The Morgan fingerprint density at radius 3 is 2.65 bits per heavy atom. The van der Waals surface area contributed by atoms with Crippen LogP contribution in [0.1, 0.15) is 48.5 Å². The lowest BCUT2D eigenvalue weighted by atomic mass is 10.1. The zero-order valence-electron chi connectivity index (χ0n) is 18.3. The van der Waals surface area contributed by atoms with Gasteiger partial charge in [-0.1, -0.05) is 36.4 Å². The molecule has 1 aliphatic heterocycles. The monoisotopic (exact) mass is 438 g/mol. The molecule has 1 saturated heterocycles. The van der Waals surface area contributed by atoms with E-state index in [0.29, 0.717) is 18.7 Å². The van der Waals surface area contributed by atoms with E-state index in [4.69, 9.17) is 9.97 Å². The summed E-state index contributed by atoms with van der Waals surface area (Å²) in [5.41, 5.74) is 2.66. The number of thioether (sulfide) groups is 1. The summed E-state index contributed by atoms with van der Waals surface area (Å²) in [6.07, 6.45) is 6.62. The van der Waals surface area contributed by atoms with Crippen molar-refractivity contribution in [2.45, 2.75) is 51.2 Å². The number of carbonyl (C=O) groups is 1. The maximum Gasteiger partial charge on any atom is 0.251 e. The first-order chi connectivity index (χ1) is 15.2. The van der Waals surface area contributed by atoms with Crippen LogP contribution in [0.25, 0.3) is 11.0 Å². The predicted molar refractivity (Wildman–Crippen MR) is 126 cm³/mol. The van der Waals surface area contributed by atoms with E-state index in [0.717, 1.165) is 52.8 Å². The zero-order valence-corrected chi connectivity index (χ0v) is 19.1. The van der Waals surface area contributed by atoms with Crippen LogP contribution in [-0.2, 0) is 6.54 Å². The van der Waals surface area contributed by atoms with Crippen molar-refractivity contribution in [2.75, 3.05) is 30.3 Å². The number of amides is 1. The number of benzene rings is 1. The number of rotatable bonds is 8. The SMILES string of the molecule is CCCSc1nc(N2CCCCC2)c2cnn(CCNC(=O)c3ccc(C)cc3)c2n1. The number of nitrogens with one attached hydrogen (secondary N) is 1. The van der Waals surface area contributed by atoms with Gasteiger partial charge in [0.1, 0.15) is 5.82 Å². The molecule has 8 heteroatoms. The minimum absolute atomic E-state index is 0.0701. The van der Waals surface area contributed by atoms with Crippen molar-refractivity contribution < 1.29 is 4.79 Å². The number of carbonyl (C=O) groups excluding carboxylic acids is 1. The molecule has 0 radical (unpaired) electrons. The number of hydrogen-bond donors (Lipinski definition) is 1. The predicted octanol–water partition coefficient (Wildman–Crippen LogP) is 4.06. The van der Waals surface area contributed by atoms with E-state index in [1.807, 2.05) is 42.1 Å². The highest BCUT2D eigenvalue weighted by molar-refractivity contribution is 7.99. The van der Waals surface area contributed by atoms with Crippen molar-refractivity contribution in [2.24, 2.45) is 0 Å². The van der Waals surface area contributed by atoms with E-state index in [1.54, 1.807) is 11.8 Å². The molecule has 4 rings (SSSR count). The maximum absolute atomic E-state index is 12.4. The van der Waals surface area contributed by atoms with Crippen molar-refractivity contribution in [3.63, 3.8) is 0 Å². The first-order valence-electron chi connectivity index (χ1n) is 11.1. The summed E-state index contributed by atoms with van der Waals surface area (Å²) < 4.78 is 1.88. The fraction of sp³-hybridized carbons (Fsp3) is 0.478. The molecule has 0 unspecified atom stereocenters. The number of piperidine rings is 1. The molecule has 1 fully saturated rings. The molecule has 0 aliphatic carbocycles. The second-order valence-electron chi connectivity index (χ2n) is 7.95. The molecule has 164 valence electrons. The fourth-order valence-electron chi connectivity index (χ4n) is 3.77. The van der Waals surface area contributed by atoms with Gasteiger partial charge in [0, 0.05) is 31.0 Å². The van der Waals surface area contributed by atoms with Crippen molar-refractivity contribution in [3.05, 3.63) is 41.6 Å². The van der Waals surface area contributed by atoms with Crippen LogP contribution in [0, 0.1) is 6.92 Å². The average Bonchev–Trinajstić information content (AvgIpc) is 3.21. The summed E-state index contributed by atoms with van der Waals surface area (Å²) in [7, 11) is 0. The number of hydrogen-bond acceptors (Lipinski definition) is 6. The summed E-state index contributed by atoms with van der Waals surface area (Å²) in [5.74, 6) is 1.92. The Balaban J connectivity index is 1.52. The van der Waals surface area contributed by atoms with Crippen molar-refractivity contribution in [3.8, 4) is 0 Å². The Labute approximate surface area is 187 Å². The van der Waals surface area contributed by atoms with E-state index in [1.165, 1.54) is 19.3 Å². The molecule has 1 aromatic carbocycles. The minimum Gasteiger partial charge on any atom is -0.356 e. The summed E-state index contributed by atoms with van der Waals surface area (Å²) in [5, 5.41) is 9.37. The highest BCUT2D eigenvalue weighted by Gasteiger charge is 2.20. The lowest BCUT2D eigenvalue weighted by Crippen LogP contribution is -2.30. The Hall–Kier alpha value is -2.61. The van der Waals surface area contributed by atoms with Gasteiger partial charge in [-0.15, -0.1) is 0 Å². The Kier molecular flexibility index (Phi) is 7.06. The molecule has 31 heavy (non-hydrogen) atoms. The molecule has 1 N–H and O–H groups in total. The molecule has 0 bridgehead atoms. The van der Waals surface area contributed by atoms with Gasteiger partial charge >= 0.3 is 0 Å². The molecule has 0 atom stereocenters. The molecule has 1 amide bonds. The van der Waals surface area contributed by atoms with Crippen molar-refractivity contribution >= 4 is 34.5 Å². The van der Waals surface area contributed by atoms with Gasteiger partial charge in [0.15, 0.2) is 10.8 Å². The molecule has 7 nitrogen and oxygen atoms in total. The summed E-state index contributed by atoms with van der Waals surface area (Å²) >= 11 is 1.69. The van der Waals surface area contributed by atoms with Crippen LogP contribution >= 0.6 is 11.8 Å². The third kappa shape index (κ3) is 5.18. The number of aromatic nitrogens is 4. The van der Waals surface area contributed by atoms with Crippen molar-refractivity contribution in [1.29, 1.82) is 0 Å². The van der Waals surface area contributed by atoms with Gasteiger partial charge in [0.2, 0.25) is 0 Å². The third-order valence-electron chi connectivity index (χ3n) is 5.47. The van der Waals surface area contributed by atoms with E-state index in [-0.39, 0.29) is 5.91 Å². The summed E-state index contributed by atoms with van der Waals surface area (Å²) in [4.78, 5) is 24.5. The average molecular weight is 439 g/mol. The molecule has 0 spiro atoms. The second-order valence-corrected chi connectivity index (χ2v) is 9.01. The quantitative estimate of drug-likeness (QED) is 0.422. The van der Waals surface area contributed by atoms with E-state index in [2.05, 4.69) is 22.2 Å². The lowest BCUT2D eigenvalue weighted by molar-refractivity contribution is 0.0952. The minimum atomic E-state index is -0.0701. The highest BCUT2D eigenvalue weighted by atomic mass is 32.2. The van der Waals surface area contributed by atoms with Crippen LogP contribution in [-0.4, -0.2) is 51.0 Å². The first-order valence-corrected chi connectivity index (χ1v) is 12.1. The zero-order chi connectivity index (χ0) is 21.6. The van der Waals surface area contributed by atoms with Gasteiger partial charge in [0.25, 0.3) is 5.91 Å². The first kappa shape index (κ1) is 21.6. The van der Waals surface area contributed by atoms with Gasteiger partial charge in [-0.3, -0.25) is 4.79 Å². The van der Waals surface area contributed by atoms with E-state index in [9.17, 15) is 4.79 Å². The Bertz CT molecular complexity index is 1030. The molecular weight excluding hydrogens is 408 g/mol. The lowest BCUT2D eigenvalue weighted by Gasteiger charge is -2.28.